The van der Waals surface area contributed by atoms with Crippen LogP contribution in [0.15, 0.2) is 48.5 Å². The Labute approximate surface area is 130 Å². The van der Waals surface area contributed by atoms with Crippen LogP contribution in [-0.4, -0.2) is 11.2 Å². The van der Waals surface area contributed by atoms with Gasteiger partial charge < -0.3 is 10.4 Å². The Hall–Kier alpha value is -2.50. The fourth-order valence-electron chi connectivity index (χ4n) is 2.65. The molecule has 1 saturated carbocycles. The van der Waals surface area contributed by atoms with Crippen LogP contribution >= 0.6 is 0 Å². The molecule has 23 heavy (non-hydrogen) atoms. The standard InChI is InChI=1S/C17H14F3NO2/c18-17(19,20)14-7-3-12(4-8-14)11-1-5-13(6-2-11)16(9-10-16)21-15(22)23/h1-8,21H,9-10H2,(H,22,23). The summed E-state index contributed by atoms with van der Waals surface area (Å²) in [6, 6.07) is 12.2. The SMILES string of the molecule is O=C(O)NC1(c2ccc(-c3ccc(C(F)(F)F)cc3)cc2)CC1. The van der Waals surface area contributed by atoms with Crippen molar-refractivity contribution in [2.75, 3.05) is 0 Å². The molecule has 6 heteroatoms. The molecule has 0 atom stereocenters. The van der Waals surface area contributed by atoms with Crippen LogP contribution in [-0.2, 0) is 11.7 Å². The second-order valence-corrected chi connectivity index (χ2v) is 5.66. The van der Waals surface area contributed by atoms with Gasteiger partial charge in [0.05, 0.1) is 11.1 Å². The number of carboxylic acid groups (broad SMARTS) is 1. The summed E-state index contributed by atoms with van der Waals surface area (Å²) < 4.78 is 37.7. The van der Waals surface area contributed by atoms with Crippen molar-refractivity contribution in [3.63, 3.8) is 0 Å². The molecule has 0 spiro atoms. The summed E-state index contributed by atoms with van der Waals surface area (Å²) in [4.78, 5) is 10.8. The lowest BCUT2D eigenvalue weighted by Gasteiger charge is -2.16. The summed E-state index contributed by atoms with van der Waals surface area (Å²) >= 11 is 0. The lowest BCUT2D eigenvalue weighted by atomic mass is 9.99. The molecule has 0 aliphatic heterocycles. The molecule has 0 aromatic heterocycles. The number of alkyl halides is 3. The molecule has 3 nitrogen and oxygen atoms in total. The van der Waals surface area contributed by atoms with Gasteiger partial charge in [-0.05, 0) is 41.7 Å². The highest BCUT2D eigenvalue weighted by atomic mass is 19.4. The van der Waals surface area contributed by atoms with Crippen LogP contribution in [0.2, 0.25) is 0 Å². The minimum atomic E-state index is -4.34. The molecule has 1 aliphatic carbocycles. The summed E-state index contributed by atoms with van der Waals surface area (Å²) in [6.07, 6.45) is -3.91. The highest BCUT2D eigenvalue weighted by Crippen LogP contribution is 2.45. The number of hydrogen-bond acceptors (Lipinski definition) is 1. The van der Waals surface area contributed by atoms with Gasteiger partial charge in [0.25, 0.3) is 0 Å². The summed E-state index contributed by atoms with van der Waals surface area (Å²) in [6.45, 7) is 0. The monoisotopic (exact) mass is 321 g/mol. The van der Waals surface area contributed by atoms with Crippen LogP contribution in [0.5, 0.6) is 0 Å². The van der Waals surface area contributed by atoms with Gasteiger partial charge in [0.15, 0.2) is 0 Å². The van der Waals surface area contributed by atoms with Crippen molar-refractivity contribution in [3.8, 4) is 11.1 Å². The number of hydrogen-bond donors (Lipinski definition) is 2. The highest BCUT2D eigenvalue weighted by molar-refractivity contribution is 5.68. The van der Waals surface area contributed by atoms with E-state index in [0.717, 1.165) is 36.1 Å². The molecular weight excluding hydrogens is 307 g/mol. The van der Waals surface area contributed by atoms with Crippen molar-refractivity contribution in [1.82, 2.24) is 5.32 Å². The molecule has 1 aliphatic rings. The van der Waals surface area contributed by atoms with Crippen molar-refractivity contribution < 1.29 is 23.1 Å². The number of rotatable bonds is 3. The normalized spacial score (nSPS) is 16.0. The van der Waals surface area contributed by atoms with E-state index in [1.54, 1.807) is 12.1 Å². The fraction of sp³-hybridized carbons (Fsp3) is 0.235. The molecule has 3 rings (SSSR count). The largest absolute Gasteiger partial charge is 0.465 e. The Balaban J connectivity index is 1.81. The van der Waals surface area contributed by atoms with Crippen LogP contribution in [0.3, 0.4) is 0 Å². The summed E-state index contributed by atoms with van der Waals surface area (Å²) in [5, 5.41) is 11.4. The second kappa shape index (κ2) is 5.30. The Kier molecular flexibility index (Phi) is 3.55. The van der Waals surface area contributed by atoms with Crippen LogP contribution < -0.4 is 5.32 Å². The lowest BCUT2D eigenvalue weighted by molar-refractivity contribution is -0.137. The first-order valence-corrected chi connectivity index (χ1v) is 7.09. The number of amides is 1. The fourth-order valence-corrected chi connectivity index (χ4v) is 2.65. The lowest BCUT2D eigenvalue weighted by Crippen LogP contribution is -2.33. The Morgan fingerprint density at radius 1 is 0.957 bits per heavy atom. The van der Waals surface area contributed by atoms with Gasteiger partial charge in [-0.1, -0.05) is 36.4 Å². The molecule has 1 fully saturated rings. The summed E-state index contributed by atoms with van der Waals surface area (Å²) in [5.41, 5.74) is 1.15. The van der Waals surface area contributed by atoms with Gasteiger partial charge in [-0.15, -0.1) is 0 Å². The minimum Gasteiger partial charge on any atom is -0.465 e. The number of nitrogens with one attached hydrogen (secondary N) is 1. The number of carbonyl (C=O) groups is 1. The van der Waals surface area contributed by atoms with E-state index in [0.29, 0.717) is 5.56 Å². The smallest absolute Gasteiger partial charge is 0.416 e. The van der Waals surface area contributed by atoms with E-state index < -0.39 is 23.4 Å². The molecule has 0 heterocycles. The molecule has 2 aromatic carbocycles. The zero-order chi connectivity index (χ0) is 16.7. The predicted molar refractivity (Wildman–Crippen MR) is 79.0 cm³/mol. The predicted octanol–water partition coefficient (Wildman–Crippen LogP) is 4.63. The van der Waals surface area contributed by atoms with Gasteiger partial charge in [-0.25, -0.2) is 4.79 Å². The first-order valence-electron chi connectivity index (χ1n) is 7.09. The van der Waals surface area contributed by atoms with Gasteiger partial charge >= 0.3 is 12.3 Å². The maximum absolute atomic E-state index is 12.6. The number of halogens is 3. The van der Waals surface area contributed by atoms with E-state index in [-0.39, 0.29) is 0 Å². The van der Waals surface area contributed by atoms with Crippen LogP contribution in [0.25, 0.3) is 11.1 Å². The van der Waals surface area contributed by atoms with E-state index in [1.807, 2.05) is 12.1 Å². The number of benzene rings is 2. The second-order valence-electron chi connectivity index (χ2n) is 5.66. The van der Waals surface area contributed by atoms with E-state index in [2.05, 4.69) is 5.32 Å². The molecule has 2 aromatic rings. The quantitative estimate of drug-likeness (QED) is 0.866. The minimum absolute atomic E-state index is 0.509. The van der Waals surface area contributed by atoms with Gasteiger partial charge in [0.1, 0.15) is 0 Å². The van der Waals surface area contributed by atoms with E-state index >= 15 is 0 Å². The third kappa shape index (κ3) is 3.16. The van der Waals surface area contributed by atoms with Crippen LogP contribution in [0, 0.1) is 0 Å². The van der Waals surface area contributed by atoms with Crippen LogP contribution in [0.1, 0.15) is 24.0 Å². The molecule has 0 unspecified atom stereocenters. The summed E-state index contributed by atoms with van der Waals surface area (Å²) in [5.74, 6) is 0. The maximum atomic E-state index is 12.6. The van der Waals surface area contributed by atoms with Crippen molar-refractivity contribution in [1.29, 1.82) is 0 Å². The third-order valence-corrected chi connectivity index (χ3v) is 4.08. The summed E-state index contributed by atoms with van der Waals surface area (Å²) in [7, 11) is 0. The molecule has 2 N–H and O–H groups in total. The van der Waals surface area contributed by atoms with E-state index in [4.69, 9.17) is 5.11 Å². The molecule has 0 bridgehead atoms. The Bertz CT molecular complexity index is 717. The first kappa shape index (κ1) is 15.4. The average molecular weight is 321 g/mol. The van der Waals surface area contributed by atoms with Gasteiger partial charge in [0.2, 0.25) is 0 Å². The Morgan fingerprint density at radius 2 is 1.43 bits per heavy atom. The Morgan fingerprint density at radius 3 is 1.83 bits per heavy atom. The van der Waals surface area contributed by atoms with Crippen LogP contribution in [0.4, 0.5) is 18.0 Å². The zero-order valence-electron chi connectivity index (χ0n) is 12.0. The maximum Gasteiger partial charge on any atom is 0.416 e. The molecule has 120 valence electrons. The zero-order valence-corrected chi connectivity index (χ0v) is 12.0. The van der Waals surface area contributed by atoms with Gasteiger partial charge in [-0.2, -0.15) is 13.2 Å². The molecule has 0 saturated heterocycles. The molecule has 0 radical (unpaired) electrons. The highest BCUT2D eigenvalue weighted by Gasteiger charge is 2.45. The third-order valence-electron chi connectivity index (χ3n) is 4.08. The topological polar surface area (TPSA) is 49.3 Å². The van der Waals surface area contributed by atoms with Crippen molar-refractivity contribution >= 4 is 6.09 Å². The van der Waals surface area contributed by atoms with Gasteiger partial charge in [0, 0.05) is 0 Å². The van der Waals surface area contributed by atoms with E-state index in [9.17, 15) is 18.0 Å². The van der Waals surface area contributed by atoms with Gasteiger partial charge in [-0.3, -0.25) is 0 Å². The average Bonchev–Trinajstić information content (AvgIpc) is 3.27. The molecular formula is C17H14F3NO2. The first-order chi connectivity index (χ1) is 10.8. The van der Waals surface area contributed by atoms with Crippen molar-refractivity contribution in [3.05, 3.63) is 59.7 Å². The van der Waals surface area contributed by atoms with Crippen molar-refractivity contribution in [2.45, 2.75) is 24.6 Å². The molecule has 1 amide bonds. The van der Waals surface area contributed by atoms with E-state index in [1.165, 1.54) is 12.1 Å². The van der Waals surface area contributed by atoms with Crippen molar-refractivity contribution in [2.24, 2.45) is 0 Å².